The molecular formula is C22H24N4O2. The molecule has 4 rings (SSSR count). The summed E-state index contributed by atoms with van der Waals surface area (Å²) in [6.45, 7) is 9.16. The van der Waals surface area contributed by atoms with Crippen LogP contribution in [0.4, 0.5) is 17.5 Å². The first-order chi connectivity index (χ1) is 13.5. The highest BCUT2D eigenvalue weighted by Crippen LogP contribution is 2.32. The summed E-state index contributed by atoms with van der Waals surface area (Å²) in [5.74, 6) is 2.92. The van der Waals surface area contributed by atoms with Crippen molar-refractivity contribution in [2.45, 2.75) is 34.2 Å². The van der Waals surface area contributed by atoms with Gasteiger partial charge in [-0.2, -0.15) is 4.98 Å². The highest BCUT2D eigenvalue weighted by Gasteiger charge is 2.13. The summed E-state index contributed by atoms with van der Waals surface area (Å²) in [5.41, 5.74) is 6.71. The zero-order valence-electron chi connectivity index (χ0n) is 16.6. The van der Waals surface area contributed by atoms with Crippen LogP contribution in [0.15, 0.2) is 36.4 Å². The minimum atomic E-state index is 0.278. The van der Waals surface area contributed by atoms with Crippen LogP contribution in [-0.2, 0) is 6.54 Å². The number of rotatable bonds is 5. The van der Waals surface area contributed by atoms with Crippen LogP contribution >= 0.6 is 0 Å². The maximum atomic E-state index is 5.44. The lowest BCUT2D eigenvalue weighted by atomic mass is 10.1. The molecule has 0 atom stereocenters. The van der Waals surface area contributed by atoms with Gasteiger partial charge in [-0.25, -0.2) is 4.98 Å². The van der Waals surface area contributed by atoms with Crippen molar-refractivity contribution >= 4 is 17.5 Å². The van der Waals surface area contributed by atoms with Gasteiger partial charge in [0.25, 0.3) is 0 Å². The van der Waals surface area contributed by atoms with Gasteiger partial charge >= 0.3 is 0 Å². The molecular weight excluding hydrogens is 352 g/mol. The number of hydrogen-bond donors (Lipinski definition) is 2. The molecule has 0 bridgehead atoms. The van der Waals surface area contributed by atoms with E-state index in [-0.39, 0.29) is 6.79 Å². The normalized spacial score (nSPS) is 12.1. The van der Waals surface area contributed by atoms with Gasteiger partial charge in [0, 0.05) is 24.0 Å². The van der Waals surface area contributed by atoms with Crippen molar-refractivity contribution in [2.24, 2.45) is 0 Å². The third-order valence-corrected chi connectivity index (χ3v) is 4.67. The molecule has 6 nitrogen and oxygen atoms in total. The first-order valence-electron chi connectivity index (χ1n) is 9.31. The molecule has 2 aromatic carbocycles. The summed E-state index contributed by atoms with van der Waals surface area (Å²) >= 11 is 0. The fourth-order valence-corrected chi connectivity index (χ4v) is 3.45. The van der Waals surface area contributed by atoms with Crippen molar-refractivity contribution in [2.75, 3.05) is 17.4 Å². The van der Waals surface area contributed by atoms with Gasteiger partial charge in [0.1, 0.15) is 5.82 Å². The molecule has 2 heterocycles. The molecule has 144 valence electrons. The molecule has 0 amide bonds. The monoisotopic (exact) mass is 376 g/mol. The summed E-state index contributed by atoms with van der Waals surface area (Å²) in [4.78, 5) is 9.14. The van der Waals surface area contributed by atoms with Crippen molar-refractivity contribution in [3.63, 3.8) is 0 Å². The molecule has 1 aliphatic heterocycles. The number of aromatic nitrogens is 2. The van der Waals surface area contributed by atoms with Crippen LogP contribution in [0.25, 0.3) is 0 Å². The van der Waals surface area contributed by atoms with Gasteiger partial charge in [0.05, 0.1) is 0 Å². The van der Waals surface area contributed by atoms with E-state index in [2.05, 4.69) is 53.5 Å². The standard InChI is InChI=1S/C22H24N4O2/c1-13-7-14(2)21(15(3)8-13)25-20-9-16(4)24-22(26-20)23-11-17-5-6-18-19(10-17)28-12-27-18/h5-10H,11-12H2,1-4H3,(H2,23,24,25,26). The van der Waals surface area contributed by atoms with Crippen molar-refractivity contribution < 1.29 is 9.47 Å². The lowest BCUT2D eigenvalue weighted by Crippen LogP contribution is -2.07. The van der Waals surface area contributed by atoms with Crippen molar-refractivity contribution in [1.82, 2.24) is 9.97 Å². The van der Waals surface area contributed by atoms with E-state index in [0.717, 1.165) is 34.3 Å². The minimum Gasteiger partial charge on any atom is -0.454 e. The third-order valence-electron chi connectivity index (χ3n) is 4.67. The second kappa shape index (κ2) is 7.38. The molecule has 0 aliphatic carbocycles. The molecule has 0 radical (unpaired) electrons. The average molecular weight is 376 g/mol. The van der Waals surface area contributed by atoms with Gasteiger partial charge in [0.15, 0.2) is 11.5 Å². The maximum absolute atomic E-state index is 5.44. The predicted octanol–water partition coefficient (Wildman–Crippen LogP) is 4.79. The Kier molecular flexibility index (Phi) is 4.77. The Morgan fingerprint density at radius 3 is 2.43 bits per heavy atom. The Balaban J connectivity index is 1.51. The summed E-state index contributed by atoms with van der Waals surface area (Å²) in [5, 5.41) is 6.75. The first-order valence-corrected chi connectivity index (χ1v) is 9.31. The number of anilines is 3. The highest BCUT2D eigenvalue weighted by molar-refractivity contribution is 5.66. The van der Waals surface area contributed by atoms with E-state index in [1.807, 2.05) is 31.2 Å². The smallest absolute Gasteiger partial charge is 0.231 e. The van der Waals surface area contributed by atoms with E-state index in [9.17, 15) is 0 Å². The number of hydrogen-bond acceptors (Lipinski definition) is 6. The molecule has 0 unspecified atom stereocenters. The van der Waals surface area contributed by atoms with E-state index < -0.39 is 0 Å². The zero-order valence-corrected chi connectivity index (χ0v) is 16.6. The Morgan fingerprint density at radius 1 is 0.893 bits per heavy atom. The van der Waals surface area contributed by atoms with E-state index in [4.69, 9.17) is 9.47 Å². The van der Waals surface area contributed by atoms with Crippen LogP contribution in [0.2, 0.25) is 0 Å². The van der Waals surface area contributed by atoms with Gasteiger partial charge < -0.3 is 20.1 Å². The van der Waals surface area contributed by atoms with Crippen molar-refractivity contribution in [1.29, 1.82) is 0 Å². The summed E-state index contributed by atoms with van der Waals surface area (Å²) in [7, 11) is 0. The van der Waals surface area contributed by atoms with Gasteiger partial charge in [-0.15, -0.1) is 0 Å². The quantitative estimate of drug-likeness (QED) is 0.667. The molecule has 0 saturated carbocycles. The van der Waals surface area contributed by atoms with Crippen LogP contribution in [-0.4, -0.2) is 16.8 Å². The Labute approximate surface area is 164 Å². The van der Waals surface area contributed by atoms with E-state index >= 15 is 0 Å². The minimum absolute atomic E-state index is 0.278. The van der Waals surface area contributed by atoms with Gasteiger partial charge in [0.2, 0.25) is 12.7 Å². The van der Waals surface area contributed by atoms with E-state index in [1.165, 1.54) is 16.7 Å². The van der Waals surface area contributed by atoms with Crippen LogP contribution in [0.1, 0.15) is 27.9 Å². The molecule has 2 N–H and O–H groups in total. The van der Waals surface area contributed by atoms with Gasteiger partial charge in [-0.1, -0.05) is 23.8 Å². The summed E-state index contributed by atoms with van der Waals surface area (Å²) in [6.07, 6.45) is 0. The molecule has 28 heavy (non-hydrogen) atoms. The zero-order chi connectivity index (χ0) is 19.7. The van der Waals surface area contributed by atoms with Crippen molar-refractivity contribution in [3.8, 4) is 11.5 Å². The molecule has 0 fully saturated rings. The maximum Gasteiger partial charge on any atom is 0.231 e. The second-order valence-corrected chi connectivity index (χ2v) is 7.16. The molecule has 3 aromatic rings. The largest absolute Gasteiger partial charge is 0.454 e. The predicted molar refractivity (Wildman–Crippen MR) is 111 cm³/mol. The SMILES string of the molecule is Cc1cc(C)c(Nc2cc(C)nc(NCc3ccc4c(c3)OCO4)n2)c(C)c1. The number of benzene rings is 2. The molecule has 1 aromatic heterocycles. The lowest BCUT2D eigenvalue weighted by molar-refractivity contribution is 0.174. The van der Waals surface area contributed by atoms with Crippen LogP contribution in [0, 0.1) is 27.7 Å². The lowest BCUT2D eigenvalue weighted by Gasteiger charge is -2.15. The van der Waals surface area contributed by atoms with Crippen LogP contribution < -0.4 is 20.1 Å². The van der Waals surface area contributed by atoms with Crippen LogP contribution in [0.5, 0.6) is 11.5 Å². The molecule has 6 heteroatoms. The fourth-order valence-electron chi connectivity index (χ4n) is 3.45. The Bertz CT molecular complexity index is 1010. The number of aryl methyl sites for hydroxylation is 4. The van der Waals surface area contributed by atoms with E-state index in [1.54, 1.807) is 0 Å². The molecule has 1 aliphatic rings. The van der Waals surface area contributed by atoms with Crippen molar-refractivity contribution in [3.05, 3.63) is 64.3 Å². The third kappa shape index (κ3) is 3.86. The molecule has 0 spiro atoms. The number of ether oxygens (including phenoxy) is 2. The highest BCUT2D eigenvalue weighted by atomic mass is 16.7. The Morgan fingerprint density at radius 2 is 1.64 bits per heavy atom. The fraction of sp³-hybridized carbons (Fsp3) is 0.273. The number of nitrogens with zero attached hydrogens (tertiary/aromatic N) is 2. The first kappa shape index (κ1) is 18.1. The van der Waals surface area contributed by atoms with Gasteiger partial charge in [-0.3, -0.25) is 0 Å². The molecule has 0 saturated heterocycles. The second-order valence-electron chi connectivity index (χ2n) is 7.16. The van der Waals surface area contributed by atoms with Crippen LogP contribution in [0.3, 0.4) is 0 Å². The summed E-state index contributed by atoms with van der Waals surface area (Å²) in [6, 6.07) is 12.2. The average Bonchev–Trinajstić information content (AvgIpc) is 3.10. The number of fused-ring (bicyclic) bond motifs is 1. The summed E-state index contributed by atoms with van der Waals surface area (Å²) < 4.78 is 10.8. The van der Waals surface area contributed by atoms with Gasteiger partial charge in [-0.05, 0) is 56.5 Å². The Hall–Kier alpha value is -3.28. The van der Waals surface area contributed by atoms with E-state index in [0.29, 0.717) is 12.5 Å². The number of nitrogens with one attached hydrogen (secondary N) is 2. The topological polar surface area (TPSA) is 68.3 Å².